The average Bonchev–Trinajstić information content (AvgIpc) is 2.19. The van der Waals surface area contributed by atoms with Crippen LogP contribution in [0.5, 0.6) is 5.75 Å². The number of amides is 1. The second-order valence-electron chi connectivity index (χ2n) is 3.01. The molecule has 1 aromatic carbocycles. The number of nitrogens with two attached hydrogens (primary N) is 1. The number of hydrogen-bond acceptors (Lipinski definition) is 3. The molecule has 1 rings (SSSR count). The Kier molecular flexibility index (Phi) is 4.67. The predicted octanol–water partition coefficient (Wildman–Crippen LogP) is 2.15. The third-order valence-corrected chi connectivity index (χ3v) is 2.33. The van der Waals surface area contributed by atoms with E-state index in [1.165, 1.54) is 0 Å². The van der Waals surface area contributed by atoms with Crippen molar-refractivity contribution in [1.29, 1.82) is 0 Å². The van der Waals surface area contributed by atoms with Gasteiger partial charge in [-0.2, -0.15) is 0 Å². The van der Waals surface area contributed by atoms with Crippen molar-refractivity contribution in [2.45, 2.75) is 13.0 Å². The Hall–Kier alpha value is -0.980. The van der Waals surface area contributed by atoms with Crippen molar-refractivity contribution in [2.24, 2.45) is 5.73 Å². The highest BCUT2D eigenvalue weighted by molar-refractivity contribution is 14.1. The fraction of sp³-hybridized carbons (Fsp3) is 0.300. The average molecular weight is 321 g/mol. The molecule has 0 aliphatic carbocycles. The Morgan fingerprint density at radius 2 is 2.07 bits per heavy atom. The molecule has 0 fully saturated rings. The fourth-order valence-electron chi connectivity index (χ4n) is 0.979. The number of halogens is 1. The molecule has 1 atom stereocenters. The summed E-state index contributed by atoms with van der Waals surface area (Å²) in [6.45, 7) is 1.96. The normalized spacial score (nSPS) is 11.9. The molecule has 0 saturated carbocycles. The van der Waals surface area contributed by atoms with E-state index in [2.05, 4.69) is 27.3 Å². The number of primary amides is 1. The molecule has 15 heavy (non-hydrogen) atoms. The number of carbonyl (C=O) groups excluding carboxylic acids is 1. The minimum absolute atomic E-state index is 0.154. The summed E-state index contributed by atoms with van der Waals surface area (Å²) < 4.78 is 11.2. The lowest BCUT2D eigenvalue weighted by Gasteiger charge is -2.13. The van der Waals surface area contributed by atoms with E-state index in [4.69, 9.17) is 10.5 Å². The van der Waals surface area contributed by atoms with Crippen LogP contribution in [0.1, 0.15) is 6.92 Å². The molecule has 0 bridgehead atoms. The molecular formula is C10H12INO3. The molecule has 0 radical (unpaired) electrons. The van der Waals surface area contributed by atoms with Gasteiger partial charge < -0.3 is 15.2 Å². The molecule has 1 aromatic rings. The van der Waals surface area contributed by atoms with Gasteiger partial charge in [0.1, 0.15) is 18.5 Å². The third-order valence-electron chi connectivity index (χ3n) is 1.61. The van der Waals surface area contributed by atoms with E-state index in [0.717, 1.165) is 9.32 Å². The van der Waals surface area contributed by atoms with Crippen LogP contribution in [-0.4, -0.2) is 18.8 Å². The van der Waals surface area contributed by atoms with Crippen LogP contribution in [-0.2, 0) is 4.74 Å². The topological polar surface area (TPSA) is 61.5 Å². The zero-order valence-corrected chi connectivity index (χ0v) is 10.4. The standard InChI is InChI=1S/C10H12INO3/c1-7(6-14-10(12)13)15-9-4-2-8(11)3-5-9/h2-5,7H,6H2,1H3,(H2,12,13). The van der Waals surface area contributed by atoms with Gasteiger partial charge in [0.25, 0.3) is 0 Å². The Balaban J connectivity index is 2.40. The maximum atomic E-state index is 10.3. The molecular weight excluding hydrogens is 309 g/mol. The van der Waals surface area contributed by atoms with E-state index < -0.39 is 6.09 Å². The van der Waals surface area contributed by atoms with Crippen molar-refractivity contribution in [2.75, 3.05) is 6.61 Å². The van der Waals surface area contributed by atoms with Crippen molar-refractivity contribution >= 4 is 28.7 Å². The highest BCUT2D eigenvalue weighted by Crippen LogP contribution is 2.14. The molecule has 4 nitrogen and oxygen atoms in total. The summed E-state index contributed by atoms with van der Waals surface area (Å²) >= 11 is 2.21. The number of benzene rings is 1. The zero-order chi connectivity index (χ0) is 11.3. The predicted molar refractivity (Wildman–Crippen MR) is 64.8 cm³/mol. The van der Waals surface area contributed by atoms with Crippen LogP contribution >= 0.6 is 22.6 Å². The number of ether oxygens (including phenoxy) is 2. The number of rotatable bonds is 4. The minimum atomic E-state index is -0.784. The van der Waals surface area contributed by atoms with Gasteiger partial charge >= 0.3 is 6.09 Å². The molecule has 0 saturated heterocycles. The Morgan fingerprint density at radius 1 is 1.47 bits per heavy atom. The van der Waals surface area contributed by atoms with E-state index in [1.54, 1.807) is 6.92 Å². The summed E-state index contributed by atoms with van der Waals surface area (Å²) in [5.74, 6) is 0.746. The first-order valence-corrected chi connectivity index (χ1v) is 5.50. The monoisotopic (exact) mass is 321 g/mol. The molecule has 0 aliphatic heterocycles. The Morgan fingerprint density at radius 3 is 2.60 bits per heavy atom. The van der Waals surface area contributed by atoms with Crippen LogP contribution in [0.4, 0.5) is 4.79 Å². The van der Waals surface area contributed by atoms with Crippen LogP contribution in [0.2, 0.25) is 0 Å². The molecule has 1 amide bonds. The van der Waals surface area contributed by atoms with Gasteiger partial charge in [0.15, 0.2) is 0 Å². The molecule has 0 spiro atoms. The maximum Gasteiger partial charge on any atom is 0.404 e. The van der Waals surface area contributed by atoms with Crippen LogP contribution in [0.25, 0.3) is 0 Å². The van der Waals surface area contributed by atoms with Gasteiger partial charge in [0.05, 0.1) is 0 Å². The van der Waals surface area contributed by atoms with Crippen LogP contribution in [0.3, 0.4) is 0 Å². The van der Waals surface area contributed by atoms with Crippen molar-refractivity contribution in [3.8, 4) is 5.75 Å². The minimum Gasteiger partial charge on any atom is -0.487 e. The molecule has 0 aliphatic rings. The van der Waals surface area contributed by atoms with Gasteiger partial charge in [-0.1, -0.05) is 0 Å². The lowest BCUT2D eigenvalue weighted by atomic mass is 10.3. The molecule has 1 unspecified atom stereocenters. The lowest BCUT2D eigenvalue weighted by molar-refractivity contribution is 0.0963. The highest BCUT2D eigenvalue weighted by Gasteiger charge is 2.05. The first-order chi connectivity index (χ1) is 7.08. The zero-order valence-electron chi connectivity index (χ0n) is 8.27. The SMILES string of the molecule is CC(COC(N)=O)Oc1ccc(I)cc1. The molecule has 0 aromatic heterocycles. The Bertz CT molecular complexity index is 326. The Labute approximate surface area is 102 Å². The molecule has 5 heteroatoms. The van der Waals surface area contributed by atoms with E-state index in [0.29, 0.717) is 0 Å². The third kappa shape index (κ3) is 4.87. The van der Waals surface area contributed by atoms with Crippen LogP contribution < -0.4 is 10.5 Å². The summed E-state index contributed by atoms with van der Waals surface area (Å²) in [5, 5.41) is 0. The van der Waals surface area contributed by atoms with Crippen molar-refractivity contribution in [1.82, 2.24) is 0 Å². The first-order valence-electron chi connectivity index (χ1n) is 4.42. The maximum absolute atomic E-state index is 10.3. The smallest absolute Gasteiger partial charge is 0.404 e. The number of carbonyl (C=O) groups is 1. The van der Waals surface area contributed by atoms with Crippen molar-refractivity contribution in [3.05, 3.63) is 27.8 Å². The van der Waals surface area contributed by atoms with E-state index in [9.17, 15) is 4.79 Å². The van der Waals surface area contributed by atoms with Gasteiger partial charge in [0.2, 0.25) is 0 Å². The van der Waals surface area contributed by atoms with E-state index >= 15 is 0 Å². The summed E-state index contributed by atoms with van der Waals surface area (Å²) in [5.41, 5.74) is 4.84. The van der Waals surface area contributed by atoms with E-state index in [1.807, 2.05) is 24.3 Å². The summed E-state index contributed by atoms with van der Waals surface area (Å²) in [6.07, 6.45) is -0.995. The van der Waals surface area contributed by atoms with Crippen LogP contribution in [0, 0.1) is 3.57 Å². The van der Waals surface area contributed by atoms with Gasteiger partial charge in [-0.05, 0) is 53.8 Å². The van der Waals surface area contributed by atoms with Crippen LogP contribution in [0.15, 0.2) is 24.3 Å². The highest BCUT2D eigenvalue weighted by atomic mass is 127. The second kappa shape index (κ2) is 5.79. The van der Waals surface area contributed by atoms with Crippen molar-refractivity contribution in [3.63, 3.8) is 0 Å². The van der Waals surface area contributed by atoms with Gasteiger partial charge in [-0.25, -0.2) is 4.79 Å². The van der Waals surface area contributed by atoms with Gasteiger partial charge in [0, 0.05) is 3.57 Å². The van der Waals surface area contributed by atoms with Gasteiger partial charge in [-0.15, -0.1) is 0 Å². The summed E-state index contributed by atoms with van der Waals surface area (Å²) in [4.78, 5) is 10.3. The molecule has 0 heterocycles. The first kappa shape index (κ1) is 12.1. The van der Waals surface area contributed by atoms with Gasteiger partial charge in [-0.3, -0.25) is 0 Å². The quantitative estimate of drug-likeness (QED) is 0.865. The fourth-order valence-corrected chi connectivity index (χ4v) is 1.34. The number of hydrogen-bond donors (Lipinski definition) is 1. The van der Waals surface area contributed by atoms with Crippen molar-refractivity contribution < 1.29 is 14.3 Å². The lowest BCUT2D eigenvalue weighted by Crippen LogP contribution is -2.24. The largest absolute Gasteiger partial charge is 0.487 e. The molecule has 2 N–H and O–H groups in total. The van der Waals surface area contributed by atoms with E-state index in [-0.39, 0.29) is 12.7 Å². The molecule has 82 valence electrons. The summed E-state index contributed by atoms with van der Waals surface area (Å²) in [6, 6.07) is 7.61. The second-order valence-corrected chi connectivity index (χ2v) is 4.26. The summed E-state index contributed by atoms with van der Waals surface area (Å²) in [7, 11) is 0.